The fourth-order valence-corrected chi connectivity index (χ4v) is 1.78. The maximum Gasteiger partial charge on any atom is 0.254 e. The number of carbonyl (C=O) groups is 1. The van der Waals surface area contributed by atoms with Gasteiger partial charge in [0.15, 0.2) is 0 Å². The van der Waals surface area contributed by atoms with Crippen LogP contribution in [-0.4, -0.2) is 40.6 Å². The molecule has 4 nitrogen and oxygen atoms in total. The predicted molar refractivity (Wildman–Crippen MR) is 67.4 cm³/mol. The summed E-state index contributed by atoms with van der Waals surface area (Å²) in [4.78, 5) is 17.2. The van der Waals surface area contributed by atoms with E-state index in [4.69, 9.17) is 28.3 Å². The second-order valence-electron chi connectivity index (χ2n) is 3.26. The van der Waals surface area contributed by atoms with Gasteiger partial charge < -0.3 is 10.0 Å². The molecule has 0 fully saturated rings. The Kier molecular flexibility index (Phi) is 5.41. The lowest BCUT2D eigenvalue weighted by molar-refractivity contribution is 0.0742. The largest absolute Gasteiger partial charge is 0.395 e. The fourth-order valence-electron chi connectivity index (χ4n) is 1.32. The van der Waals surface area contributed by atoms with E-state index in [1.165, 1.54) is 17.0 Å². The number of amides is 1. The van der Waals surface area contributed by atoms with Gasteiger partial charge in [0.2, 0.25) is 0 Å². The zero-order chi connectivity index (χ0) is 12.8. The number of halogens is 2. The average Bonchev–Trinajstić information content (AvgIpc) is 2.26. The van der Waals surface area contributed by atoms with Gasteiger partial charge in [0.25, 0.3) is 5.91 Å². The zero-order valence-electron chi connectivity index (χ0n) is 9.07. The van der Waals surface area contributed by atoms with Crippen molar-refractivity contribution in [2.75, 3.05) is 19.7 Å². The Hall–Kier alpha value is -1.10. The number of hydrogen-bond donors (Lipinski definition) is 1. The molecular formula is C11H12Cl2N2O2. The molecule has 0 aliphatic rings. The first-order valence-corrected chi connectivity index (χ1v) is 5.68. The summed E-state index contributed by atoms with van der Waals surface area (Å²) < 4.78 is 0. The van der Waals surface area contributed by atoms with Gasteiger partial charge in [0.1, 0.15) is 10.3 Å². The van der Waals surface area contributed by atoms with Crippen LogP contribution in [0.1, 0.15) is 10.4 Å². The lowest BCUT2D eigenvalue weighted by Crippen LogP contribution is -2.33. The quantitative estimate of drug-likeness (QED) is 0.660. The number of hydrogen-bond acceptors (Lipinski definition) is 3. The van der Waals surface area contributed by atoms with Crippen molar-refractivity contribution in [1.29, 1.82) is 0 Å². The molecule has 0 saturated heterocycles. The van der Waals surface area contributed by atoms with Crippen LogP contribution < -0.4 is 0 Å². The molecule has 1 amide bonds. The van der Waals surface area contributed by atoms with Gasteiger partial charge in [-0.15, -0.1) is 6.58 Å². The highest BCUT2D eigenvalue weighted by atomic mass is 35.5. The third-order valence-corrected chi connectivity index (χ3v) is 2.40. The monoisotopic (exact) mass is 274 g/mol. The Labute approximate surface area is 109 Å². The molecule has 0 atom stereocenters. The van der Waals surface area contributed by atoms with Crippen LogP contribution in [0.15, 0.2) is 24.8 Å². The van der Waals surface area contributed by atoms with Crippen molar-refractivity contribution in [2.45, 2.75) is 0 Å². The number of pyridine rings is 1. The molecule has 0 spiro atoms. The van der Waals surface area contributed by atoms with E-state index in [9.17, 15) is 4.79 Å². The zero-order valence-corrected chi connectivity index (χ0v) is 10.6. The van der Waals surface area contributed by atoms with E-state index in [0.29, 0.717) is 12.1 Å². The van der Waals surface area contributed by atoms with Crippen molar-refractivity contribution in [1.82, 2.24) is 9.88 Å². The molecule has 1 heterocycles. The second kappa shape index (κ2) is 6.59. The van der Waals surface area contributed by atoms with Crippen LogP contribution in [0.4, 0.5) is 0 Å². The van der Waals surface area contributed by atoms with Gasteiger partial charge in [-0.2, -0.15) is 0 Å². The molecule has 1 rings (SSSR count). The minimum absolute atomic E-state index is 0.119. The lowest BCUT2D eigenvalue weighted by Gasteiger charge is -2.20. The van der Waals surface area contributed by atoms with Crippen LogP contribution in [0.2, 0.25) is 10.3 Å². The third-order valence-electron chi connectivity index (χ3n) is 2.02. The highest BCUT2D eigenvalue weighted by Gasteiger charge is 2.15. The van der Waals surface area contributed by atoms with Crippen LogP contribution in [-0.2, 0) is 0 Å². The van der Waals surface area contributed by atoms with E-state index in [1.54, 1.807) is 6.08 Å². The second-order valence-corrected chi connectivity index (χ2v) is 4.04. The first kappa shape index (κ1) is 14.0. The van der Waals surface area contributed by atoms with Crippen molar-refractivity contribution < 1.29 is 9.90 Å². The summed E-state index contributed by atoms with van der Waals surface area (Å²) in [5.74, 6) is -0.273. The molecule has 17 heavy (non-hydrogen) atoms. The Morgan fingerprint density at radius 2 is 2.06 bits per heavy atom. The highest BCUT2D eigenvalue weighted by molar-refractivity contribution is 6.33. The van der Waals surface area contributed by atoms with Crippen molar-refractivity contribution in [3.8, 4) is 0 Å². The highest BCUT2D eigenvalue weighted by Crippen LogP contribution is 2.16. The van der Waals surface area contributed by atoms with Gasteiger partial charge in [0.05, 0.1) is 6.61 Å². The van der Waals surface area contributed by atoms with Crippen LogP contribution in [0.25, 0.3) is 0 Å². The summed E-state index contributed by atoms with van der Waals surface area (Å²) >= 11 is 11.4. The van der Waals surface area contributed by atoms with Gasteiger partial charge in [0, 0.05) is 18.7 Å². The number of rotatable bonds is 5. The minimum atomic E-state index is -0.273. The maximum atomic E-state index is 12.1. The van der Waals surface area contributed by atoms with Gasteiger partial charge in [-0.1, -0.05) is 29.3 Å². The third kappa shape index (κ3) is 4.00. The standard InChI is InChI=1S/C11H12Cl2N2O2/c1-2-3-15(4-5-16)11(17)8-6-9(12)14-10(13)7-8/h2,6-7,16H,1,3-5H2. The Morgan fingerprint density at radius 3 is 2.53 bits per heavy atom. The summed E-state index contributed by atoms with van der Waals surface area (Å²) in [7, 11) is 0. The van der Waals surface area contributed by atoms with Crippen molar-refractivity contribution in [2.24, 2.45) is 0 Å². The number of aromatic nitrogens is 1. The molecule has 0 radical (unpaired) electrons. The van der Waals surface area contributed by atoms with E-state index in [-0.39, 0.29) is 29.4 Å². The molecule has 6 heteroatoms. The van der Waals surface area contributed by atoms with Crippen molar-refractivity contribution in [3.63, 3.8) is 0 Å². The fraction of sp³-hybridized carbons (Fsp3) is 0.273. The number of aliphatic hydroxyl groups excluding tert-OH is 1. The summed E-state index contributed by atoms with van der Waals surface area (Å²) in [6.07, 6.45) is 1.58. The van der Waals surface area contributed by atoms with E-state index < -0.39 is 0 Å². The van der Waals surface area contributed by atoms with E-state index in [2.05, 4.69) is 11.6 Å². The molecule has 0 aromatic carbocycles. The number of aliphatic hydroxyl groups is 1. The molecule has 1 aromatic heterocycles. The van der Waals surface area contributed by atoms with Crippen LogP contribution >= 0.6 is 23.2 Å². The Balaban J connectivity index is 2.95. The summed E-state index contributed by atoms with van der Waals surface area (Å²) in [5, 5.41) is 9.19. The van der Waals surface area contributed by atoms with Crippen molar-refractivity contribution >= 4 is 29.1 Å². The summed E-state index contributed by atoms with van der Waals surface area (Å²) in [6, 6.07) is 2.87. The lowest BCUT2D eigenvalue weighted by atomic mass is 10.2. The molecule has 0 aliphatic heterocycles. The van der Waals surface area contributed by atoms with E-state index in [1.807, 2.05) is 0 Å². The van der Waals surface area contributed by atoms with Gasteiger partial charge in [-0.3, -0.25) is 4.79 Å². The summed E-state index contributed by atoms with van der Waals surface area (Å²) in [5.41, 5.74) is 0.338. The number of carbonyl (C=O) groups excluding carboxylic acids is 1. The predicted octanol–water partition coefficient (Wildman–Crippen LogP) is 2.01. The SMILES string of the molecule is C=CCN(CCO)C(=O)c1cc(Cl)nc(Cl)c1. The molecule has 1 aromatic rings. The Morgan fingerprint density at radius 1 is 1.47 bits per heavy atom. The molecule has 1 N–H and O–H groups in total. The van der Waals surface area contributed by atoms with Crippen molar-refractivity contribution in [3.05, 3.63) is 40.7 Å². The Bertz CT molecular complexity index is 404. The molecular weight excluding hydrogens is 263 g/mol. The first-order chi connectivity index (χ1) is 8.08. The average molecular weight is 275 g/mol. The molecule has 92 valence electrons. The van der Waals surface area contributed by atoms with E-state index >= 15 is 0 Å². The van der Waals surface area contributed by atoms with Crippen LogP contribution in [0.5, 0.6) is 0 Å². The van der Waals surface area contributed by atoms with E-state index in [0.717, 1.165) is 0 Å². The maximum absolute atomic E-state index is 12.1. The smallest absolute Gasteiger partial charge is 0.254 e. The van der Waals surface area contributed by atoms with Gasteiger partial charge >= 0.3 is 0 Å². The van der Waals surface area contributed by atoms with Crippen LogP contribution in [0, 0.1) is 0 Å². The van der Waals surface area contributed by atoms with Crippen LogP contribution in [0.3, 0.4) is 0 Å². The first-order valence-electron chi connectivity index (χ1n) is 4.92. The topological polar surface area (TPSA) is 53.4 Å². The van der Waals surface area contributed by atoms with Gasteiger partial charge in [-0.25, -0.2) is 4.98 Å². The normalized spacial score (nSPS) is 10.1. The number of nitrogens with zero attached hydrogens (tertiary/aromatic N) is 2. The summed E-state index contributed by atoms with van der Waals surface area (Å²) in [6.45, 7) is 4.00. The minimum Gasteiger partial charge on any atom is -0.395 e. The molecule has 0 bridgehead atoms. The van der Waals surface area contributed by atoms with Gasteiger partial charge in [-0.05, 0) is 12.1 Å². The molecule has 0 aliphatic carbocycles. The molecule has 0 unspecified atom stereocenters. The molecule has 0 saturated carbocycles.